The fraction of sp³-hybridized carbons (Fsp3) is 0.545. The van der Waals surface area contributed by atoms with E-state index >= 15 is 0 Å². The second-order valence-electron chi connectivity index (χ2n) is 11.4. The molecule has 45 heavy (non-hydrogen) atoms. The van der Waals surface area contributed by atoms with Gasteiger partial charge >= 0.3 is 12.1 Å². The van der Waals surface area contributed by atoms with Crippen LogP contribution in [0.5, 0.6) is 0 Å². The van der Waals surface area contributed by atoms with E-state index in [4.69, 9.17) is 19.9 Å². The lowest BCUT2D eigenvalue weighted by Crippen LogP contribution is -2.45. The van der Waals surface area contributed by atoms with Crippen LogP contribution < -0.4 is 11.1 Å². The predicted molar refractivity (Wildman–Crippen MR) is 168 cm³/mol. The van der Waals surface area contributed by atoms with Gasteiger partial charge in [0, 0.05) is 49.2 Å². The second kappa shape index (κ2) is 16.2. The number of anilines is 1. The highest BCUT2D eigenvalue weighted by molar-refractivity contribution is 5.94. The van der Waals surface area contributed by atoms with Crippen LogP contribution in [0.4, 0.5) is 18.9 Å². The smallest absolute Gasteiger partial charge is 0.406 e. The number of nitrogens with two attached hydrogens (primary N) is 1. The molecular weight excluding hydrogens is 587 g/mol. The first-order valence-corrected chi connectivity index (χ1v) is 15.4. The van der Waals surface area contributed by atoms with Crippen LogP contribution in [-0.2, 0) is 27.3 Å². The molecule has 2 unspecified atom stereocenters. The monoisotopic (exact) mass is 631 g/mol. The molecule has 1 saturated heterocycles. The van der Waals surface area contributed by atoms with E-state index in [0.717, 1.165) is 37.2 Å². The Morgan fingerprint density at radius 3 is 2.67 bits per heavy atom. The predicted octanol–water partition coefficient (Wildman–Crippen LogP) is 4.66. The Kier molecular flexibility index (Phi) is 12.4. The number of aromatic nitrogens is 2. The summed E-state index contributed by atoms with van der Waals surface area (Å²) in [6.45, 7) is 7.39. The summed E-state index contributed by atoms with van der Waals surface area (Å²) in [6, 6.07) is 7.25. The second-order valence-corrected chi connectivity index (χ2v) is 11.4. The molecule has 4 rings (SSSR count). The van der Waals surface area contributed by atoms with Crippen molar-refractivity contribution in [2.75, 3.05) is 65.0 Å². The lowest BCUT2D eigenvalue weighted by atomic mass is 9.89. The van der Waals surface area contributed by atoms with Gasteiger partial charge in [-0.3, -0.25) is 0 Å². The fourth-order valence-corrected chi connectivity index (χ4v) is 5.80. The fourth-order valence-electron chi connectivity index (χ4n) is 5.80. The number of benzene rings is 1. The maximum Gasteiger partial charge on any atom is 0.406 e. The number of likely N-dealkylation sites (tertiary alicyclic amines) is 1. The summed E-state index contributed by atoms with van der Waals surface area (Å²) in [5.41, 5.74) is 8.51. The number of aryl methyl sites for hydroxylation is 1. The molecule has 3 aromatic rings. The van der Waals surface area contributed by atoms with Gasteiger partial charge in [-0.2, -0.15) is 13.2 Å². The zero-order valence-electron chi connectivity index (χ0n) is 26.3. The number of alkyl halides is 3. The molecule has 0 saturated carbocycles. The minimum Gasteiger partial charge on any atom is -0.462 e. The van der Waals surface area contributed by atoms with Crippen LogP contribution in [0.1, 0.15) is 41.4 Å². The van der Waals surface area contributed by atoms with E-state index in [-0.39, 0.29) is 18.6 Å². The Morgan fingerprint density at radius 1 is 1.16 bits per heavy atom. The molecule has 3 heterocycles. The molecular formula is C33H44F3N5O4. The van der Waals surface area contributed by atoms with Gasteiger partial charge in [0.1, 0.15) is 6.54 Å². The number of esters is 1. The van der Waals surface area contributed by atoms with E-state index < -0.39 is 12.7 Å². The molecule has 12 heteroatoms. The molecule has 2 aromatic heterocycles. The van der Waals surface area contributed by atoms with Crippen LogP contribution in [-0.4, -0.2) is 91.9 Å². The molecule has 0 radical (unpaired) electrons. The van der Waals surface area contributed by atoms with Gasteiger partial charge < -0.3 is 39.3 Å². The number of fused-ring (bicyclic) bond motifs is 1. The third-order valence-electron chi connectivity index (χ3n) is 7.95. The number of hydrogen-bond acceptors (Lipinski definition) is 7. The molecule has 9 nitrogen and oxygen atoms in total. The lowest BCUT2D eigenvalue weighted by Gasteiger charge is -2.38. The average molecular weight is 632 g/mol. The summed E-state index contributed by atoms with van der Waals surface area (Å²) in [4.78, 5) is 14.3. The van der Waals surface area contributed by atoms with Crippen molar-refractivity contribution < 1.29 is 32.2 Å². The van der Waals surface area contributed by atoms with Crippen LogP contribution in [0, 0.1) is 24.7 Å². The zero-order chi connectivity index (χ0) is 32.4. The number of hydrogen-bond donors (Lipinski definition) is 2. The third kappa shape index (κ3) is 9.74. The van der Waals surface area contributed by atoms with Gasteiger partial charge in [-0.25, -0.2) is 4.79 Å². The summed E-state index contributed by atoms with van der Waals surface area (Å²) in [7, 11) is 2.10. The van der Waals surface area contributed by atoms with Crippen molar-refractivity contribution in [2.45, 2.75) is 52.0 Å². The van der Waals surface area contributed by atoms with Crippen molar-refractivity contribution in [3.05, 3.63) is 53.5 Å². The first-order valence-electron chi connectivity index (χ1n) is 15.4. The minimum absolute atomic E-state index is 0.0664. The highest BCUT2D eigenvalue weighted by atomic mass is 19.4. The highest BCUT2D eigenvalue weighted by Crippen LogP contribution is 2.32. The zero-order valence-corrected chi connectivity index (χ0v) is 26.3. The Balaban J connectivity index is 1.28. The molecule has 1 aliphatic heterocycles. The van der Waals surface area contributed by atoms with Crippen molar-refractivity contribution in [3.8, 4) is 11.8 Å². The van der Waals surface area contributed by atoms with Crippen LogP contribution in [0.25, 0.3) is 10.9 Å². The number of ether oxygens (including phenoxy) is 3. The Hall–Kier alpha value is -3.50. The van der Waals surface area contributed by atoms with Crippen LogP contribution >= 0.6 is 0 Å². The van der Waals surface area contributed by atoms with Gasteiger partial charge in [0.2, 0.25) is 0 Å². The minimum atomic E-state index is -4.38. The van der Waals surface area contributed by atoms with Crippen LogP contribution in [0.3, 0.4) is 0 Å². The van der Waals surface area contributed by atoms with Crippen molar-refractivity contribution in [3.63, 3.8) is 0 Å². The summed E-state index contributed by atoms with van der Waals surface area (Å²) >= 11 is 0. The number of nitrogens with one attached hydrogen (secondary N) is 1. The van der Waals surface area contributed by atoms with Gasteiger partial charge in [0.15, 0.2) is 0 Å². The summed E-state index contributed by atoms with van der Waals surface area (Å²) < 4.78 is 60.1. The van der Waals surface area contributed by atoms with Crippen LogP contribution in [0.15, 0.2) is 36.7 Å². The molecule has 1 aromatic carbocycles. The maximum atomic E-state index is 13.4. The van der Waals surface area contributed by atoms with Gasteiger partial charge in [-0.05, 0) is 75.9 Å². The summed E-state index contributed by atoms with van der Waals surface area (Å²) in [5, 5.41) is 4.36. The average Bonchev–Trinajstić information content (AvgIpc) is 3.53. The Bertz CT molecular complexity index is 1470. The van der Waals surface area contributed by atoms with Crippen molar-refractivity contribution in [2.24, 2.45) is 11.7 Å². The van der Waals surface area contributed by atoms with E-state index in [1.165, 1.54) is 4.57 Å². The third-order valence-corrected chi connectivity index (χ3v) is 7.95. The molecule has 3 N–H and O–H groups in total. The van der Waals surface area contributed by atoms with Gasteiger partial charge in [0.25, 0.3) is 0 Å². The summed E-state index contributed by atoms with van der Waals surface area (Å²) in [6.07, 6.45) is 1.05. The Morgan fingerprint density at radius 2 is 1.93 bits per heavy atom. The van der Waals surface area contributed by atoms with Crippen molar-refractivity contribution >= 4 is 22.6 Å². The van der Waals surface area contributed by atoms with E-state index in [2.05, 4.69) is 29.1 Å². The standard InChI is InChI=1S/C33H44F3N5O4/c1-4-45-32(42)28-22-40(20-24(28)2)14-16-44-18-17-43-15-11-25-21-39(3)13-10-29(25)38-30-8-5-9-31-27(30)19-26(7-6-12-37)41(31)23-33(34,35)36/h5,8-9,19-20,22,25,29,38H,4,10-18,21,23,37H2,1-3H3. The van der Waals surface area contributed by atoms with E-state index in [0.29, 0.717) is 67.7 Å². The molecule has 1 fully saturated rings. The first kappa shape index (κ1) is 34.4. The highest BCUT2D eigenvalue weighted by Gasteiger charge is 2.31. The number of nitrogens with zero attached hydrogens (tertiary/aromatic N) is 3. The van der Waals surface area contributed by atoms with Gasteiger partial charge in [0.05, 0.1) is 49.7 Å². The van der Waals surface area contributed by atoms with Crippen molar-refractivity contribution in [1.29, 1.82) is 0 Å². The molecule has 0 aliphatic carbocycles. The number of carbonyl (C=O) groups excluding carboxylic acids is 1. The van der Waals surface area contributed by atoms with Crippen molar-refractivity contribution in [1.82, 2.24) is 14.0 Å². The van der Waals surface area contributed by atoms with Gasteiger partial charge in [-0.15, -0.1) is 0 Å². The largest absolute Gasteiger partial charge is 0.462 e. The Labute approximate surface area is 262 Å². The lowest BCUT2D eigenvalue weighted by molar-refractivity contribution is -0.140. The molecule has 0 bridgehead atoms. The summed E-state index contributed by atoms with van der Waals surface area (Å²) in [5.74, 6) is 5.48. The van der Waals surface area contributed by atoms with Crippen LogP contribution in [0.2, 0.25) is 0 Å². The normalized spacial score (nSPS) is 17.3. The van der Waals surface area contributed by atoms with Gasteiger partial charge in [-0.1, -0.05) is 12.0 Å². The number of rotatable bonds is 14. The molecule has 0 amide bonds. The van der Waals surface area contributed by atoms with E-state index in [1.807, 2.05) is 23.8 Å². The number of carbonyl (C=O) groups is 1. The number of piperidine rings is 1. The van der Waals surface area contributed by atoms with E-state index in [1.54, 1.807) is 31.3 Å². The molecule has 0 spiro atoms. The SMILES string of the molecule is CCOC(=O)c1cn(CCOCCOCCC2CN(C)CCC2Nc2cccc3c2cc(C#CCN)n3CC(F)(F)F)cc1C. The quantitative estimate of drug-likeness (QED) is 0.152. The molecule has 1 aliphatic rings. The number of halogens is 3. The van der Waals surface area contributed by atoms with E-state index in [9.17, 15) is 18.0 Å². The maximum absolute atomic E-state index is 13.4. The molecule has 2 atom stereocenters. The topological polar surface area (TPSA) is 95.9 Å². The first-order chi connectivity index (χ1) is 21.6. The molecule has 246 valence electrons.